The molecule has 2 fully saturated rings. The molecule has 1 saturated carbocycles. The van der Waals surface area contributed by atoms with Crippen LogP contribution in [0, 0.1) is 11.7 Å². The van der Waals surface area contributed by atoms with Gasteiger partial charge in [-0.25, -0.2) is 31.7 Å². The zero-order valence-electron chi connectivity index (χ0n) is 17.7. The molecule has 3 N–H and O–H groups in total. The number of rotatable bonds is 5. The molecule has 1 aromatic heterocycles. The summed E-state index contributed by atoms with van der Waals surface area (Å²) in [5, 5.41) is 11.5. The Morgan fingerprint density at radius 2 is 1.82 bits per heavy atom. The van der Waals surface area contributed by atoms with Crippen LogP contribution in [0.3, 0.4) is 0 Å². The predicted molar refractivity (Wildman–Crippen MR) is 107 cm³/mol. The van der Waals surface area contributed by atoms with E-state index in [1.54, 1.807) is 0 Å². The first kappa shape index (κ1) is 23.2. The standard InChI is InChI=1S/C21H23F5N4O3/c1-10(18(31)30-8-21(25,26)9-30)12-2-3-13-16(14(12)22)28-17(27-13)15(29-19(32)33)11-4-6-20(23,24)7-5-11/h2-3,10-11,15,29H,4-9H2,1H3,(H,27,28)(H,32,33)/t10?,15-/m0/s1. The second-order valence-electron chi connectivity index (χ2n) is 8.88. The molecule has 1 unspecified atom stereocenters. The van der Waals surface area contributed by atoms with Crippen LogP contribution in [-0.2, 0) is 4.79 Å². The van der Waals surface area contributed by atoms with Crippen LogP contribution in [0.1, 0.15) is 56.0 Å². The molecule has 33 heavy (non-hydrogen) atoms. The first-order chi connectivity index (χ1) is 15.4. The van der Waals surface area contributed by atoms with E-state index < -0.39 is 60.6 Å². The fourth-order valence-electron chi connectivity index (χ4n) is 4.57. The first-order valence-electron chi connectivity index (χ1n) is 10.6. The molecule has 2 heterocycles. The highest BCUT2D eigenvalue weighted by Crippen LogP contribution is 2.41. The zero-order chi connectivity index (χ0) is 24.1. The summed E-state index contributed by atoms with van der Waals surface area (Å²) in [6.07, 6.45) is -2.01. The molecule has 2 amide bonds. The Labute approximate surface area is 185 Å². The molecule has 1 aliphatic carbocycles. The third-order valence-electron chi connectivity index (χ3n) is 6.44. The number of hydrogen-bond acceptors (Lipinski definition) is 3. The quantitative estimate of drug-likeness (QED) is 0.559. The van der Waals surface area contributed by atoms with Crippen LogP contribution in [0.5, 0.6) is 0 Å². The Morgan fingerprint density at radius 3 is 2.39 bits per heavy atom. The van der Waals surface area contributed by atoms with Crippen molar-refractivity contribution >= 4 is 23.0 Å². The number of aromatic amines is 1. The summed E-state index contributed by atoms with van der Waals surface area (Å²) < 4.78 is 68.6. The number of nitrogens with zero attached hydrogens (tertiary/aromatic N) is 2. The number of H-pyrrole nitrogens is 1. The SMILES string of the molecule is CC(C(=O)N1CC(F)(F)C1)c1ccc2[nH]c([C@@H](NC(=O)O)C3CCC(F)(F)CC3)nc2c1F. The van der Waals surface area contributed by atoms with Crippen LogP contribution in [0.2, 0.25) is 0 Å². The maximum atomic E-state index is 15.3. The molecule has 1 aliphatic heterocycles. The number of carbonyl (C=O) groups excluding carboxylic acids is 1. The lowest BCUT2D eigenvalue weighted by Crippen LogP contribution is -2.59. The van der Waals surface area contributed by atoms with Gasteiger partial charge in [-0.05, 0) is 31.7 Å². The van der Waals surface area contributed by atoms with E-state index in [4.69, 9.17) is 0 Å². The zero-order valence-corrected chi connectivity index (χ0v) is 17.7. The van der Waals surface area contributed by atoms with E-state index in [2.05, 4.69) is 15.3 Å². The van der Waals surface area contributed by atoms with E-state index in [9.17, 15) is 32.3 Å². The van der Waals surface area contributed by atoms with E-state index in [0.717, 1.165) is 4.90 Å². The van der Waals surface area contributed by atoms with Crippen LogP contribution in [0.25, 0.3) is 11.0 Å². The number of amides is 2. The van der Waals surface area contributed by atoms with Gasteiger partial charge in [0.25, 0.3) is 5.92 Å². The smallest absolute Gasteiger partial charge is 0.405 e. The number of aromatic nitrogens is 2. The van der Waals surface area contributed by atoms with Crippen LogP contribution >= 0.6 is 0 Å². The minimum absolute atomic E-state index is 0.0270. The molecule has 12 heteroatoms. The molecule has 7 nitrogen and oxygen atoms in total. The third kappa shape index (κ3) is 4.60. The largest absolute Gasteiger partial charge is 0.465 e. The van der Waals surface area contributed by atoms with Crippen LogP contribution in [0.15, 0.2) is 12.1 Å². The molecule has 2 aromatic rings. The molecule has 2 atom stereocenters. The normalized spacial score (nSPS) is 21.9. The fraction of sp³-hybridized carbons (Fsp3) is 0.571. The van der Waals surface area contributed by atoms with Gasteiger partial charge in [0.2, 0.25) is 11.8 Å². The van der Waals surface area contributed by atoms with Gasteiger partial charge < -0.3 is 20.3 Å². The monoisotopic (exact) mass is 474 g/mol. The summed E-state index contributed by atoms with van der Waals surface area (Å²) in [5.74, 6) is -8.61. The summed E-state index contributed by atoms with van der Waals surface area (Å²) in [4.78, 5) is 31.8. The minimum Gasteiger partial charge on any atom is -0.465 e. The van der Waals surface area contributed by atoms with Crippen molar-refractivity contribution in [3.63, 3.8) is 0 Å². The van der Waals surface area contributed by atoms with Crippen LogP contribution in [0.4, 0.5) is 26.7 Å². The van der Waals surface area contributed by atoms with Gasteiger partial charge in [0.05, 0.1) is 30.6 Å². The van der Waals surface area contributed by atoms with E-state index in [0.29, 0.717) is 0 Å². The van der Waals surface area contributed by atoms with Crippen molar-refractivity contribution in [1.29, 1.82) is 0 Å². The average molecular weight is 474 g/mol. The number of carboxylic acid groups (broad SMARTS) is 1. The van der Waals surface area contributed by atoms with Gasteiger partial charge in [0, 0.05) is 18.4 Å². The van der Waals surface area contributed by atoms with E-state index in [1.165, 1.54) is 19.1 Å². The molecule has 0 radical (unpaired) electrons. The van der Waals surface area contributed by atoms with Crippen LogP contribution in [-0.4, -0.2) is 56.9 Å². The summed E-state index contributed by atoms with van der Waals surface area (Å²) >= 11 is 0. The predicted octanol–water partition coefficient (Wildman–Crippen LogP) is 4.42. The molecule has 1 aromatic carbocycles. The van der Waals surface area contributed by atoms with Crippen molar-refractivity contribution in [2.75, 3.05) is 13.1 Å². The highest BCUT2D eigenvalue weighted by molar-refractivity contribution is 5.86. The van der Waals surface area contributed by atoms with Crippen LogP contribution < -0.4 is 5.32 Å². The Hall–Kier alpha value is -2.92. The fourth-order valence-corrected chi connectivity index (χ4v) is 4.57. The van der Waals surface area contributed by atoms with Gasteiger partial charge in [0.15, 0.2) is 5.82 Å². The number of benzene rings is 1. The van der Waals surface area contributed by atoms with Crippen molar-refractivity contribution in [2.45, 2.75) is 56.4 Å². The van der Waals surface area contributed by atoms with Crippen molar-refractivity contribution in [2.24, 2.45) is 5.92 Å². The Balaban J connectivity index is 1.61. The molecule has 2 aliphatic rings. The highest BCUT2D eigenvalue weighted by Gasteiger charge is 2.47. The number of nitrogens with one attached hydrogen (secondary N) is 2. The summed E-state index contributed by atoms with van der Waals surface area (Å²) in [5.41, 5.74) is 0.0648. The number of hydrogen-bond donors (Lipinski definition) is 3. The number of likely N-dealkylation sites (tertiary alicyclic amines) is 1. The lowest BCUT2D eigenvalue weighted by atomic mass is 9.82. The van der Waals surface area contributed by atoms with Gasteiger partial charge >= 0.3 is 6.09 Å². The molecular weight excluding hydrogens is 451 g/mol. The molecule has 4 rings (SSSR count). The molecule has 0 spiro atoms. The van der Waals surface area contributed by atoms with Gasteiger partial charge in [-0.1, -0.05) is 6.07 Å². The highest BCUT2D eigenvalue weighted by atomic mass is 19.3. The van der Waals surface area contributed by atoms with E-state index >= 15 is 4.39 Å². The lowest BCUT2D eigenvalue weighted by molar-refractivity contribution is -0.166. The van der Waals surface area contributed by atoms with Crippen molar-refractivity contribution in [3.8, 4) is 0 Å². The molecule has 180 valence electrons. The minimum atomic E-state index is -2.94. The Kier molecular flexibility index (Phi) is 5.73. The molecule has 1 saturated heterocycles. The number of fused-ring (bicyclic) bond motifs is 1. The molecular formula is C21H23F5N4O3. The number of halogens is 5. The van der Waals surface area contributed by atoms with E-state index in [-0.39, 0.29) is 48.1 Å². The molecule has 0 bridgehead atoms. The summed E-state index contributed by atoms with van der Waals surface area (Å²) in [6.45, 7) is -0.0152. The van der Waals surface area contributed by atoms with Gasteiger partial charge in [-0.3, -0.25) is 4.79 Å². The average Bonchev–Trinajstić information content (AvgIpc) is 3.14. The van der Waals surface area contributed by atoms with Gasteiger partial charge in [-0.15, -0.1) is 0 Å². The third-order valence-corrected chi connectivity index (χ3v) is 6.44. The van der Waals surface area contributed by atoms with Gasteiger partial charge in [0.1, 0.15) is 11.3 Å². The van der Waals surface area contributed by atoms with E-state index in [1.807, 2.05) is 0 Å². The maximum absolute atomic E-state index is 15.3. The Bertz CT molecular complexity index is 1070. The lowest BCUT2D eigenvalue weighted by Gasteiger charge is -2.40. The second kappa shape index (κ2) is 8.14. The number of alkyl halides is 4. The first-order valence-corrected chi connectivity index (χ1v) is 10.6. The number of carbonyl (C=O) groups is 2. The van der Waals surface area contributed by atoms with Crippen molar-refractivity contribution < 1.29 is 36.6 Å². The topological polar surface area (TPSA) is 98.3 Å². The van der Waals surface area contributed by atoms with Crippen molar-refractivity contribution in [3.05, 3.63) is 29.3 Å². The summed E-state index contributed by atoms with van der Waals surface area (Å²) in [7, 11) is 0. The number of imidazole rings is 1. The van der Waals surface area contributed by atoms with Gasteiger partial charge in [-0.2, -0.15) is 0 Å². The Morgan fingerprint density at radius 1 is 1.18 bits per heavy atom. The maximum Gasteiger partial charge on any atom is 0.405 e. The second-order valence-corrected chi connectivity index (χ2v) is 8.88. The van der Waals surface area contributed by atoms with Crippen molar-refractivity contribution in [1.82, 2.24) is 20.2 Å². The summed E-state index contributed by atoms with van der Waals surface area (Å²) in [6, 6.07) is 1.86.